The minimum atomic E-state index is -0.506. The highest BCUT2D eigenvalue weighted by molar-refractivity contribution is 5.70. The van der Waals surface area contributed by atoms with E-state index in [0.29, 0.717) is 24.2 Å². The Hall–Kier alpha value is -1.09. The Morgan fingerprint density at radius 1 is 1.33 bits per heavy atom. The second-order valence-corrected chi connectivity index (χ2v) is 7.01. The van der Waals surface area contributed by atoms with Crippen LogP contribution in [0.5, 0.6) is 0 Å². The number of ether oxygens (including phenoxy) is 1. The van der Waals surface area contributed by atoms with Crippen LogP contribution in [0.2, 0.25) is 0 Å². The number of carbonyl (C=O) groups is 1. The fourth-order valence-electron chi connectivity index (χ4n) is 4.13. The maximum Gasteiger partial charge on any atom is 0.308 e. The van der Waals surface area contributed by atoms with Crippen LogP contribution in [0.3, 0.4) is 0 Å². The maximum atomic E-state index is 11.4. The van der Waals surface area contributed by atoms with Crippen molar-refractivity contribution in [3.05, 3.63) is 23.8 Å². The molecule has 5 atom stereocenters. The lowest BCUT2D eigenvalue weighted by molar-refractivity contribution is -0.160. The normalized spacial score (nSPS) is 39.4. The Morgan fingerprint density at radius 2 is 2.19 bits per heavy atom. The number of hydrogen-bond acceptors (Lipinski definition) is 3. The van der Waals surface area contributed by atoms with Crippen LogP contribution >= 0.6 is 0 Å². The number of allylic oxidation sites excluding steroid dienone is 4. The molecule has 1 N–H and O–H groups in total. The lowest BCUT2D eigenvalue weighted by Gasteiger charge is -2.36. The zero-order valence-electron chi connectivity index (χ0n) is 12.8. The number of hydrogen-bond donors (Lipinski definition) is 1. The quantitative estimate of drug-likeness (QED) is 0.811. The van der Waals surface area contributed by atoms with Crippen molar-refractivity contribution < 1.29 is 14.6 Å². The topological polar surface area (TPSA) is 46.5 Å². The molecule has 0 aromatic heterocycles. The zero-order chi connectivity index (χ0) is 14.8. The Bertz CT molecular complexity index is 451. The summed E-state index contributed by atoms with van der Waals surface area (Å²) in [4.78, 5) is 11.4. The van der Waals surface area contributed by atoms with Gasteiger partial charge in [0.1, 0.15) is 6.10 Å². The lowest BCUT2D eigenvalue weighted by Crippen LogP contribution is -2.33. The highest BCUT2D eigenvalue weighted by Gasteiger charge is 2.32. The van der Waals surface area contributed by atoms with Crippen molar-refractivity contribution in [1.82, 2.24) is 0 Å². The van der Waals surface area contributed by atoms with Crippen molar-refractivity contribution in [3.63, 3.8) is 0 Å². The third-order valence-electron chi connectivity index (χ3n) is 5.25. The number of carbonyl (C=O) groups excluding carboxylic acids is 1. The molecule has 0 unspecified atom stereocenters. The van der Waals surface area contributed by atoms with E-state index in [1.807, 2.05) is 0 Å². The molecule has 0 saturated carbocycles. The van der Waals surface area contributed by atoms with Crippen molar-refractivity contribution in [1.29, 1.82) is 0 Å². The van der Waals surface area contributed by atoms with E-state index in [0.717, 1.165) is 19.3 Å². The van der Waals surface area contributed by atoms with Gasteiger partial charge in [-0.2, -0.15) is 0 Å². The molecule has 0 bridgehead atoms. The third-order valence-corrected chi connectivity index (χ3v) is 5.25. The summed E-state index contributed by atoms with van der Waals surface area (Å²) >= 11 is 0. The molecule has 0 amide bonds. The summed E-state index contributed by atoms with van der Waals surface area (Å²) in [6.45, 7) is 2.30. The largest absolute Gasteiger partial charge is 0.462 e. The first kappa shape index (κ1) is 14.8. The van der Waals surface area contributed by atoms with Crippen LogP contribution < -0.4 is 0 Å². The molecule has 3 rings (SSSR count). The first-order valence-corrected chi connectivity index (χ1v) is 8.37. The van der Waals surface area contributed by atoms with E-state index in [4.69, 9.17) is 4.74 Å². The second kappa shape index (κ2) is 6.35. The standard InChI is InChI=1S/C18H26O3/c1-12-5-8-17-13(3-2-4-14(17)9-12)6-7-16-10-15(19)11-18(20)21-16/h2,4,9,12-13,15-17,19H,3,5-8,10-11H2,1H3/t12-,13-,15-,16-,17-/m1/s1. The van der Waals surface area contributed by atoms with Crippen molar-refractivity contribution in [2.24, 2.45) is 17.8 Å². The predicted octanol–water partition coefficient (Wildman–Crippen LogP) is 3.38. The average molecular weight is 290 g/mol. The van der Waals surface area contributed by atoms with Gasteiger partial charge in [-0.3, -0.25) is 4.79 Å². The Balaban J connectivity index is 1.57. The summed E-state index contributed by atoms with van der Waals surface area (Å²) in [5, 5.41) is 9.68. The third kappa shape index (κ3) is 3.57. The summed E-state index contributed by atoms with van der Waals surface area (Å²) in [6, 6.07) is 0. The smallest absolute Gasteiger partial charge is 0.308 e. The number of rotatable bonds is 3. The second-order valence-electron chi connectivity index (χ2n) is 7.01. The molecule has 0 aromatic rings. The number of aliphatic hydroxyl groups is 1. The molecule has 1 aliphatic heterocycles. The van der Waals surface area contributed by atoms with Gasteiger partial charge in [0.25, 0.3) is 0 Å². The molecule has 116 valence electrons. The van der Waals surface area contributed by atoms with E-state index in [1.54, 1.807) is 0 Å². The van der Waals surface area contributed by atoms with Crippen LogP contribution in [0.25, 0.3) is 0 Å². The molecule has 0 radical (unpaired) electrons. The van der Waals surface area contributed by atoms with Gasteiger partial charge in [0.05, 0.1) is 12.5 Å². The van der Waals surface area contributed by atoms with Crippen LogP contribution in [0.15, 0.2) is 23.8 Å². The zero-order valence-corrected chi connectivity index (χ0v) is 12.8. The molecule has 0 spiro atoms. The summed E-state index contributed by atoms with van der Waals surface area (Å²) in [5.74, 6) is 1.82. The van der Waals surface area contributed by atoms with Crippen LogP contribution in [0, 0.1) is 17.8 Å². The minimum Gasteiger partial charge on any atom is -0.462 e. The molecular formula is C18H26O3. The van der Waals surface area contributed by atoms with Crippen molar-refractivity contribution in [3.8, 4) is 0 Å². The van der Waals surface area contributed by atoms with Crippen molar-refractivity contribution in [2.45, 2.75) is 64.1 Å². The molecule has 0 aromatic carbocycles. The van der Waals surface area contributed by atoms with Gasteiger partial charge in [0.2, 0.25) is 0 Å². The molecule has 3 aliphatic rings. The van der Waals surface area contributed by atoms with E-state index in [-0.39, 0.29) is 18.5 Å². The molecular weight excluding hydrogens is 264 g/mol. The van der Waals surface area contributed by atoms with E-state index in [2.05, 4.69) is 25.2 Å². The first-order chi connectivity index (χ1) is 10.1. The van der Waals surface area contributed by atoms with Gasteiger partial charge < -0.3 is 9.84 Å². The number of aliphatic hydroxyl groups excluding tert-OH is 1. The van der Waals surface area contributed by atoms with E-state index in [9.17, 15) is 9.90 Å². The van der Waals surface area contributed by atoms with Gasteiger partial charge in [-0.05, 0) is 55.4 Å². The highest BCUT2D eigenvalue weighted by Crippen LogP contribution is 2.41. The Morgan fingerprint density at radius 3 is 3.00 bits per heavy atom. The summed E-state index contributed by atoms with van der Waals surface area (Å²) in [7, 11) is 0. The first-order valence-electron chi connectivity index (χ1n) is 8.37. The summed E-state index contributed by atoms with van der Waals surface area (Å²) in [6.07, 6.45) is 12.9. The molecule has 1 heterocycles. The number of fused-ring (bicyclic) bond motifs is 1. The Labute approximate surface area is 127 Å². The van der Waals surface area contributed by atoms with Gasteiger partial charge in [-0.1, -0.05) is 25.2 Å². The van der Waals surface area contributed by atoms with Gasteiger partial charge in [0, 0.05) is 6.42 Å². The van der Waals surface area contributed by atoms with Crippen molar-refractivity contribution in [2.75, 3.05) is 0 Å². The van der Waals surface area contributed by atoms with Gasteiger partial charge >= 0.3 is 5.97 Å². The molecule has 2 aliphatic carbocycles. The van der Waals surface area contributed by atoms with Crippen LogP contribution in [0.1, 0.15) is 51.9 Å². The molecule has 21 heavy (non-hydrogen) atoms. The van der Waals surface area contributed by atoms with Crippen LogP contribution in [0.4, 0.5) is 0 Å². The maximum absolute atomic E-state index is 11.4. The van der Waals surface area contributed by atoms with E-state index >= 15 is 0 Å². The summed E-state index contributed by atoms with van der Waals surface area (Å²) in [5.41, 5.74) is 1.52. The predicted molar refractivity (Wildman–Crippen MR) is 81.6 cm³/mol. The molecule has 1 saturated heterocycles. The number of esters is 1. The Kier molecular flexibility index (Phi) is 4.48. The number of cyclic esters (lactones) is 1. The molecule has 3 heteroatoms. The average Bonchev–Trinajstić information content (AvgIpc) is 2.43. The van der Waals surface area contributed by atoms with Crippen LogP contribution in [-0.2, 0) is 9.53 Å². The molecule has 3 nitrogen and oxygen atoms in total. The van der Waals surface area contributed by atoms with Gasteiger partial charge in [0.15, 0.2) is 0 Å². The monoisotopic (exact) mass is 290 g/mol. The van der Waals surface area contributed by atoms with Crippen molar-refractivity contribution >= 4 is 5.97 Å². The SMILES string of the molecule is C[C@H]1C=C2C=CC[C@H](CC[C@@H]3C[C@@H](O)CC(=O)O3)[C@H]2CC1. The van der Waals surface area contributed by atoms with Crippen LogP contribution in [-0.4, -0.2) is 23.3 Å². The lowest BCUT2D eigenvalue weighted by atomic mass is 9.70. The summed E-state index contributed by atoms with van der Waals surface area (Å²) < 4.78 is 5.37. The van der Waals surface area contributed by atoms with Gasteiger partial charge in [-0.15, -0.1) is 0 Å². The van der Waals surface area contributed by atoms with E-state index < -0.39 is 6.10 Å². The minimum absolute atomic E-state index is 0.0814. The fourth-order valence-corrected chi connectivity index (χ4v) is 4.13. The van der Waals surface area contributed by atoms with E-state index in [1.165, 1.54) is 18.4 Å². The molecule has 1 fully saturated rings. The highest BCUT2D eigenvalue weighted by atomic mass is 16.5. The van der Waals surface area contributed by atoms with Gasteiger partial charge in [-0.25, -0.2) is 0 Å². The fraction of sp³-hybridized carbons (Fsp3) is 0.722.